The Bertz CT molecular complexity index is 494. The second-order valence-electron chi connectivity index (χ2n) is 6.92. The summed E-state index contributed by atoms with van der Waals surface area (Å²) < 4.78 is 5.31. The predicted molar refractivity (Wildman–Crippen MR) is 92.4 cm³/mol. The molecule has 0 radical (unpaired) electrons. The molecule has 1 aromatic carbocycles. The zero-order valence-corrected chi connectivity index (χ0v) is 14.2. The molecule has 0 spiro atoms. The molecule has 0 aromatic heterocycles. The lowest BCUT2D eigenvalue weighted by Gasteiger charge is -2.42. The highest BCUT2D eigenvalue weighted by atomic mass is 16.5. The number of benzene rings is 1. The van der Waals surface area contributed by atoms with Crippen LogP contribution in [0.4, 0.5) is 0 Å². The molecule has 2 fully saturated rings. The third-order valence-electron chi connectivity index (χ3n) is 5.54. The second kappa shape index (κ2) is 7.96. The van der Waals surface area contributed by atoms with Crippen molar-refractivity contribution < 1.29 is 9.53 Å². The van der Waals surface area contributed by atoms with Gasteiger partial charge >= 0.3 is 5.97 Å². The standard InChI is InChI=1S/C20H29NO2/c1-2-23-20(22)19-10-6-7-15-21(19)18-13-11-17(12-14-18)16-8-4-3-5-9-16/h3-5,8-9,17-19H,2,6-7,10-15H2,1H3. The van der Waals surface area contributed by atoms with E-state index in [-0.39, 0.29) is 12.0 Å². The molecular formula is C20H29NO2. The molecule has 1 aromatic rings. The van der Waals surface area contributed by atoms with Crippen molar-refractivity contribution in [1.82, 2.24) is 4.90 Å². The van der Waals surface area contributed by atoms with Gasteiger partial charge in [0.2, 0.25) is 0 Å². The molecule has 1 saturated heterocycles. The Morgan fingerprint density at radius 3 is 2.52 bits per heavy atom. The Hall–Kier alpha value is -1.35. The van der Waals surface area contributed by atoms with Crippen LogP contribution in [0.2, 0.25) is 0 Å². The summed E-state index contributed by atoms with van der Waals surface area (Å²) in [4.78, 5) is 14.7. The Morgan fingerprint density at radius 2 is 1.83 bits per heavy atom. The van der Waals surface area contributed by atoms with Gasteiger partial charge in [0.05, 0.1) is 6.61 Å². The van der Waals surface area contributed by atoms with Gasteiger partial charge in [0, 0.05) is 6.04 Å². The van der Waals surface area contributed by atoms with E-state index in [9.17, 15) is 4.79 Å². The molecule has 3 heteroatoms. The summed E-state index contributed by atoms with van der Waals surface area (Å²) in [7, 11) is 0. The van der Waals surface area contributed by atoms with Crippen molar-refractivity contribution >= 4 is 5.97 Å². The van der Waals surface area contributed by atoms with Crippen LogP contribution in [0.15, 0.2) is 30.3 Å². The van der Waals surface area contributed by atoms with Gasteiger partial charge < -0.3 is 4.74 Å². The highest BCUT2D eigenvalue weighted by Crippen LogP contribution is 2.36. The van der Waals surface area contributed by atoms with E-state index in [0.717, 1.165) is 19.4 Å². The van der Waals surface area contributed by atoms with Crippen LogP contribution in [-0.2, 0) is 9.53 Å². The van der Waals surface area contributed by atoms with Crippen molar-refractivity contribution in [1.29, 1.82) is 0 Å². The largest absolute Gasteiger partial charge is 0.465 e. The smallest absolute Gasteiger partial charge is 0.323 e. The zero-order chi connectivity index (χ0) is 16.1. The number of carbonyl (C=O) groups is 1. The van der Waals surface area contributed by atoms with E-state index in [4.69, 9.17) is 4.74 Å². The van der Waals surface area contributed by atoms with Gasteiger partial charge in [-0.15, -0.1) is 0 Å². The van der Waals surface area contributed by atoms with Gasteiger partial charge in [0.15, 0.2) is 0 Å². The average molecular weight is 315 g/mol. The summed E-state index contributed by atoms with van der Waals surface area (Å²) in [6.45, 7) is 3.45. The van der Waals surface area contributed by atoms with Crippen molar-refractivity contribution in [2.45, 2.75) is 69.9 Å². The predicted octanol–water partition coefficient (Wildman–Crippen LogP) is 4.13. The van der Waals surface area contributed by atoms with E-state index in [1.165, 1.54) is 37.7 Å². The first-order valence-corrected chi connectivity index (χ1v) is 9.27. The van der Waals surface area contributed by atoms with Crippen molar-refractivity contribution in [3.8, 4) is 0 Å². The summed E-state index contributed by atoms with van der Waals surface area (Å²) in [5.74, 6) is 0.690. The first-order chi connectivity index (χ1) is 11.3. The number of likely N-dealkylation sites (tertiary alicyclic amines) is 1. The highest BCUT2D eigenvalue weighted by molar-refractivity contribution is 5.76. The number of piperidine rings is 1. The number of esters is 1. The molecule has 1 saturated carbocycles. The van der Waals surface area contributed by atoms with Crippen LogP contribution in [0.5, 0.6) is 0 Å². The number of hydrogen-bond acceptors (Lipinski definition) is 3. The monoisotopic (exact) mass is 315 g/mol. The van der Waals surface area contributed by atoms with E-state index in [1.54, 1.807) is 0 Å². The van der Waals surface area contributed by atoms with Crippen molar-refractivity contribution in [2.24, 2.45) is 0 Å². The number of ether oxygens (including phenoxy) is 1. The lowest BCUT2D eigenvalue weighted by Crippen LogP contribution is -2.51. The van der Waals surface area contributed by atoms with Crippen LogP contribution in [0.3, 0.4) is 0 Å². The maximum Gasteiger partial charge on any atom is 0.323 e. The van der Waals surface area contributed by atoms with Crippen molar-refractivity contribution in [2.75, 3.05) is 13.2 Å². The highest BCUT2D eigenvalue weighted by Gasteiger charge is 2.36. The number of nitrogens with zero attached hydrogens (tertiary/aromatic N) is 1. The average Bonchev–Trinajstić information content (AvgIpc) is 2.63. The van der Waals surface area contributed by atoms with E-state index in [2.05, 4.69) is 35.2 Å². The molecule has 23 heavy (non-hydrogen) atoms. The summed E-state index contributed by atoms with van der Waals surface area (Å²) in [6, 6.07) is 11.4. The van der Waals surface area contributed by atoms with Gasteiger partial charge in [-0.2, -0.15) is 0 Å². The minimum Gasteiger partial charge on any atom is -0.465 e. The second-order valence-corrected chi connectivity index (χ2v) is 6.92. The summed E-state index contributed by atoms with van der Waals surface area (Å²) in [5.41, 5.74) is 1.48. The maximum atomic E-state index is 12.3. The van der Waals surface area contributed by atoms with E-state index in [0.29, 0.717) is 18.6 Å². The van der Waals surface area contributed by atoms with E-state index < -0.39 is 0 Å². The molecule has 1 unspecified atom stereocenters. The molecule has 1 heterocycles. The summed E-state index contributed by atoms with van der Waals surface area (Å²) in [6.07, 6.45) is 8.22. The topological polar surface area (TPSA) is 29.5 Å². The lowest BCUT2D eigenvalue weighted by molar-refractivity contribution is -0.152. The maximum absolute atomic E-state index is 12.3. The van der Waals surface area contributed by atoms with Gasteiger partial charge in [0.25, 0.3) is 0 Å². The SMILES string of the molecule is CCOC(=O)C1CCCCN1C1CCC(c2ccccc2)CC1. The lowest BCUT2D eigenvalue weighted by atomic mass is 9.80. The minimum atomic E-state index is -0.00242. The number of rotatable bonds is 4. The number of hydrogen-bond donors (Lipinski definition) is 0. The molecule has 2 aliphatic rings. The van der Waals surface area contributed by atoms with Gasteiger partial charge in [-0.3, -0.25) is 9.69 Å². The van der Waals surface area contributed by atoms with Gasteiger partial charge in [-0.05, 0) is 63.5 Å². The Morgan fingerprint density at radius 1 is 1.09 bits per heavy atom. The van der Waals surface area contributed by atoms with Crippen molar-refractivity contribution in [3.05, 3.63) is 35.9 Å². The molecule has 0 amide bonds. The molecule has 3 rings (SSSR count). The molecule has 0 bridgehead atoms. The van der Waals surface area contributed by atoms with Gasteiger partial charge in [-0.1, -0.05) is 36.8 Å². The Labute approximate surface area is 140 Å². The minimum absolute atomic E-state index is 0.00183. The molecule has 126 valence electrons. The molecule has 1 aliphatic heterocycles. The molecule has 0 N–H and O–H groups in total. The van der Waals surface area contributed by atoms with Crippen LogP contribution in [0, 0.1) is 0 Å². The van der Waals surface area contributed by atoms with Crippen molar-refractivity contribution in [3.63, 3.8) is 0 Å². The van der Waals surface area contributed by atoms with Crippen LogP contribution in [0.25, 0.3) is 0 Å². The fourth-order valence-corrected chi connectivity index (χ4v) is 4.35. The quantitative estimate of drug-likeness (QED) is 0.782. The fraction of sp³-hybridized carbons (Fsp3) is 0.650. The summed E-state index contributed by atoms with van der Waals surface area (Å²) in [5, 5.41) is 0. The first-order valence-electron chi connectivity index (χ1n) is 9.27. The van der Waals surface area contributed by atoms with Gasteiger partial charge in [-0.25, -0.2) is 0 Å². The zero-order valence-electron chi connectivity index (χ0n) is 14.2. The number of carbonyl (C=O) groups excluding carboxylic acids is 1. The third-order valence-corrected chi connectivity index (χ3v) is 5.54. The Balaban J connectivity index is 1.60. The van der Waals surface area contributed by atoms with Crippen LogP contribution in [-0.4, -0.2) is 36.1 Å². The molecule has 1 aliphatic carbocycles. The molecular weight excluding hydrogens is 286 g/mol. The summed E-state index contributed by atoms with van der Waals surface area (Å²) >= 11 is 0. The first kappa shape index (κ1) is 16.5. The molecule has 1 atom stereocenters. The molecule has 3 nitrogen and oxygen atoms in total. The fourth-order valence-electron chi connectivity index (χ4n) is 4.35. The van der Waals surface area contributed by atoms with Crippen LogP contribution in [0.1, 0.15) is 63.4 Å². The van der Waals surface area contributed by atoms with Gasteiger partial charge in [0.1, 0.15) is 6.04 Å². The normalized spacial score (nSPS) is 29.2. The Kier molecular flexibility index (Phi) is 5.71. The van der Waals surface area contributed by atoms with E-state index >= 15 is 0 Å². The van der Waals surface area contributed by atoms with Crippen LogP contribution < -0.4 is 0 Å². The van der Waals surface area contributed by atoms with Crippen LogP contribution >= 0.6 is 0 Å². The van der Waals surface area contributed by atoms with E-state index in [1.807, 2.05) is 6.92 Å². The third kappa shape index (κ3) is 3.95.